The van der Waals surface area contributed by atoms with E-state index >= 15 is 0 Å². The molecule has 0 fully saturated rings. The van der Waals surface area contributed by atoms with Crippen molar-refractivity contribution in [3.05, 3.63) is 23.8 Å². The Morgan fingerprint density at radius 3 is 2.63 bits per heavy atom. The van der Waals surface area contributed by atoms with Crippen molar-refractivity contribution in [1.82, 2.24) is 5.32 Å². The lowest BCUT2D eigenvalue weighted by atomic mass is 10.1. The minimum absolute atomic E-state index is 0.428. The van der Waals surface area contributed by atoms with E-state index in [4.69, 9.17) is 14.2 Å². The zero-order chi connectivity index (χ0) is 14.1. The molecular weight excluding hydrogens is 242 g/mol. The van der Waals surface area contributed by atoms with E-state index in [0.717, 1.165) is 31.1 Å². The average Bonchev–Trinajstić information content (AvgIpc) is 2.43. The summed E-state index contributed by atoms with van der Waals surface area (Å²) in [7, 11) is 3.38. The first kappa shape index (κ1) is 15.8. The van der Waals surface area contributed by atoms with Crippen molar-refractivity contribution in [2.75, 3.05) is 27.4 Å². The van der Waals surface area contributed by atoms with Gasteiger partial charge in [0.25, 0.3) is 0 Å². The maximum absolute atomic E-state index is 5.57. The second-order valence-electron chi connectivity index (χ2n) is 4.48. The van der Waals surface area contributed by atoms with Gasteiger partial charge in [-0.15, -0.1) is 0 Å². The second-order valence-corrected chi connectivity index (χ2v) is 4.48. The number of ether oxygens (including phenoxy) is 3. The number of nitrogens with one attached hydrogen (secondary N) is 1. The normalized spacial score (nSPS) is 12.2. The number of methoxy groups -OCH3 is 2. The molecule has 0 saturated heterocycles. The van der Waals surface area contributed by atoms with E-state index in [9.17, 15) is 0 Å². The third-order valence-electron chi connectivity index (χ3n) is 2.94. The molecule has 1 aromatic carbocycles. The third-order valence-corrected chi connectivity index (χ3v) is 2.94. The van der Waals surface area contributed by atoms with E-state index < -0.39 is 0 Å². The van der Waals surface area contributed by atoms with Crippen LogP contribution >= 0.6 is 0 Å². The molecule has 0 radical (unpaired) electrons. The van der Waals surface area contributed by atoms with Crippen LogP contribution in [0.5, 0.6) is 11.5 Å². The number of rotatable bonds is 9. The molecule has 0 spiro atoms. The summed E-state index contributed by atoms with van der Waals surface area (Å²) in [6.07, 6.45) is 1.00. The molecule has 0 amide bonds. The Morgan fingerprint density at radius 2 is 2.00 bits per heavy atom. The topological polar surface area (TPSA) is 39.7 Å². The minimum atomic E-state index is 0.428. The van der Waals surface area contributed by atoms with E-state index in [0.29, 0.717) is 12.6 Å². The predicted molar refractivity (Wildman–Crippen MR) is 77.0 cm³/mol. The molecule has 0 saturated carbocycles. The molecule has 19 heavy (non-hydrogen) atoms. The number of hydrogen-bond acceptors (Lipinski definition) is 4. The van der Waals surface area contributed by atoms with Crippen LogP contribution in [-0.4, -0.2) is 33.5 Å². The summed E-state index contributed by atoms with van der Waals surface area (Å²) >= 11 is 0. The summed E-state index contributed by atoms with van der Waals surface area (Å²) in [5.41, 5.74) is 1.19. The molecule has 4 nitrogen and oxygen atoms in total. The highest BCUT2D eigenvalue weighted by molar-refractivity contribution is 5.42. The molecule has 0 aromatic heterocycles. The lowest BCUT2D eigenvalue weighted by Gasteiger charge is -2.15. The summed E-state index contributed by atoms with van der Waals surface area (Å²) in [5.74, 6) is 1.58. The lowest BCUT2D eigenvalue weighted by molar-refractivity contribution is 0.184. The van der Waals surface area contributed by atoms with Crippen LogP contribution in [0.3, 0.4) is 0 Å². The molecule has 0 heterocycles. The van der Waals surface area contributed by atoms with Crippen molar-refractivity contribution in [3.8, 4) is 11.5 Å². The van der Waals surface area contributed by atoms with E-state index in [2.05, 4.69) is 18.3 Å². The highest BCUT2D eigenvalue weighted by Gasteiger charge is 2.06. The van der Waals surface area contributed by atoms with Crippen LogP contribution in [-0.2, 0) is 11.3 Å². The largest absolute Gasteiger partial charge is 0.493 e. The highest BCUT2D eigenvalue weighted by atomic mass is 16.5. The fourth-order valence-corrected chi connectivity index (χ4v) is 1.79. The third kappa shape index (κ3) is 5.49. The molecule has 0 bridgehead atoms. The van der Waals surface area contributed by atoms with Gasteiger partial charge in [0.1, 0.15) is 0 Å². The van der Waals surface area contributed by atoms with Gasteiger partial charge in [-0.1, -0.05) is 6.07 Å². The Hall–Kier alpha value is -1.26. The van der Waals surface area contributed by atoms with Gasteiger partial charge in [0.2, 0.25) is 0 Å². The van der Waals surface area contributed by atoms with E-state index in [1.54, 1.807) is 14.2 Å². The molecule has 1 aromatic rings. The fraction of sp³-hybridized carbons (Fsp3) is 0.600. The highest BCUT2D eigenvalue weighted by Crippen LogP contribution is 2.27. The van der Waals surface area contributed by atoms with Gasteiger partial charge in [0, 0.05) is 26.3 Å². The molecule has 1 unspecified atom stereocenters. The van der Waals surface area contributed by atoms with Crippen LogP contribution in [0.25, 0.3) is 0 Å². The Labute approximate surface area is 116 Å². The summed E-state index contributed by atoms with van der Waals surface area (Å²) in [6, 6.07) is 6.45. The van der Waals surface area contributed by atoms with Crippen molar-refractivity contribution < 1.29 is 14.2 Å². The molecule has 0 aliphatic rings. The summed E-state index contributed by atoms with van der Waals surface area (Å²) in [6.45, 7) is 6.36. The maximum Gasteiger partial charge on any atom is 0.161 e. The Bertz CT molecular complexity index is 368. The van der Waals surface area contributed by atoms with Crippen LogP contribution in [0, 0.1) is 0 Å². The van der Waals surface area contributed by atoms with Gasteiger partial charge < -0.3 is 19.5 Å². The smallest absolute Gasteiger partial charge is 0.161 e. The van der Waals surface area contributed by atoms with Crippen molar-refractivity contribution in [1.29, 1.82) is 0 Å². The molecule has 1 N–H and O–H groups in total. The van der Waals surface area contributed by atoms with Gasteiger partial charge in [-0.05, 0) is 38.0 Å². The van der Waals surface area contributed by atoms with Gasteiger partial charge in [0.05, 0.1) is 13.7 Å². The van der Waals surface area contributed by atoms with Crippen LogP contribution < -0.4 is 14.8 Å². The second kappa shape index (κ2) is 8.77. The zero-order valence-electron chi connectivity index (χ0n) is 12.4. The van der Waals surface area contributed by atoms with Gasteiger partial charge in [-0.25, -0.2) is 0 Å². The van der Waals surface area contributed by atoms with Crippen molar-refractivity contribution >= 4 is 0 Å². The lowest BCUT2D eigenvalue weighted by Crippen LogP contribution is -2.26. The molecule has 1 atom stereocenters. The van der Waals surface area contributed by atoms with Crippen molar-refractivity contribution in [2.24, 2.45) is 0 Å². The van der Waals surface area contributed by atoms with E-state index in [-0.39, 0.29) is 0 Å². The van der Waals surface area contributed by atoms with Crippen molar-refractivity contribution in [3.63, 3.8) is 0 Å². The quantitative estimate of drug-likeness (QED) is 0.746. The molecule has 1 rings (SSSR count). The number of hydrogen-bond donors (Lipinski definition) is 1. The standard InChI is InChI=1S/C15H25NO3/c1-5-19-15-10-13(6-7-14(15)18-4)11-16-12(2)8-9-17-3/h6-7,10,12,16H,5,8-9,11H2,1-4H3. The van der Waals surface area contributed by atoms with Crippen LogP contribution in [0.1, 0.15) is 25.8 Å². The summed E-state index contributed by atoms with van der Waals surface area (Å²) in [5, 5.41) is 3.46. The molecule has 4 heteroatoms. The average molecular weight is 267 g/mol. The van der Waals surface area contributed by atoms with Gasteiger partial charge >= 0.3 is 0 Å². The maximum atomic E-state index is 5.57. The fourth-order valence-electron chi connectivity index (χ4n) is 1.79. The Kier molecular flexibility index (Phi) is 7.30. The first-order valence-corrected chi connectivity index (χ1v) is 6.73. The Morgan fingerprint density at radius 1 is 1.21 bits per heavy atom. The summed E-state index contributed by atoms with van der Waals surface area (Å²) in [4.78, 5) is 0. The SMILES string of the molecule is CCOc1cc(CNC(C)CCOC)ccc1OC. The van der Waals surface area contributed by atoms with Crippen LogP contribution in [0.2, 0.25) is 0 Å². The van der Waals surface area contributed by atoms with Crippen LogP contribution in [0.4, 0.5) is 0 Å². The molecule has 0 aliphatic heterocycles. The van der Waals surface area contributed by atoms with E-state index in [1.165, 1.54) is 5.56 Å². The van der Waals surface area contributed by atoms with Gasteiger partial charge in [0.15, 0.2) is 11.5 Å². The Balaban J connectivity index is 2.56. The first-order valence-electron chi connectivity index (χ1n) is 6.73. The summed E-state index contributed by atoms with van der Waals surface area (Å²) < 4.78 is 15.9. The minimum Gasteiger partial charge on any atom is -0.493 e. The monoisotopic (exact) mass is 267 g/mol. The molecular formula is C15H25NO3. The molecule has 108 valence electrons. The number of benzene rings is 1. The van der Waals surface area contributed by atoms with Gasteiger partial charge in [-0.3, -0.25) is 0 Å². The molecule has 0 aliphatic carbocycles. The predicted octanol–water partition coefficient (Wildman–Crippen LogP) is 2.61. The van der Waals surface area contributed by atoms with Gasteiger partial charge in [-0.2, -0.15) is 0 Å². The van der Waals surface area contributed by atoms with Crippen molar-refractivity contribution in [2.45, 2.75) is 32.9 Å². The first-order chi connectivity index (χ1) is 9.21. The zero-order valence-corrected chi connectivity index (χ0v) is 12.4. The van der Waals surface area contributed by atoms with E-state index in [1.807, 2.05) is 19.1 Å². The van der Waals surface area contributed by atoms with Crippen LogP contribution in [0.15, 0.2) is 18.2 Å².